The first-order valence-corrected chi connectivity index (χ1v) is 9.66. The number of rotatable bonds is 4. The molecule has 0 unspecified atom stereocenters. The van der Waals surface area contributed by atoms with E-state index in [2.05, 4.69) is 21.6 Å². The fourth-order valence-electron chi connectivity index (χ4n) is 3.96. The Morgan fingerprint density at radius 1 is 1.30 bits per heavy atom. The van der Waals surface area contributed by atoms with Crippen molar-refractivity contribution in [1.29, 1.82) is 5.26 Å². The van der Waals surface area contributed by atoms with Crippen LogP contribution in [0.4, 0.5) is 15.9 Å². The number of β-amino-alcohol motifs (C(OH)–C–C–N with tert-alkyl or cyclic N) is 1. The van der Waals surface area contributed by atoms with E-state index in [1.165, 1.54) is 6.07 Å². The van der Waals surface area contributed by atoms with Gasteiger partial charge in [-0.1, -0.05) is 12.1 Å². The molecule has 0 bridgehead atoms. The van der Waals surface area contributed by atoms with Crippen LogP contribution in [0.2, 0.25) is 0 Å². The highest BCUT2D eigenvalue weighted by atomic mass is 19.1. The van der Waals surface area contributed by atoms with Gasteiger partial charge in [-0.2, -0.15) is 10.4 Å². The van der Waals surface area contributed by atoms with Gasteiger partial charge in [-0.05, 0) is 50.1 Å². The molecular weight excluding hydrogens is 383 g/mol. The minimum absolute atomic E-state index is 0.359. The molecule has 154 valence electrons. The highest BCUT2D eigenvalue weighted by Gasteiger charge is 2.37. The number of hydrogen-bond acceptors (Lipinski definition) is 7. The number of anilines is 2. The molecule has 0 aliphatic carbocycles. The first-order valence-electron chi connectivity index (χ1n) is 9.66. The van der Waals surface area contributed by atoms with Crippen molar-refractivity contribution in [2.24, 2.45) is 5.73 Å². The number of nitrogens with one attached hydrogen (secondary N) is 1. The standard InChI is InChI=1S/C22H23FN6O/c1-12-14(9-24)5-4-6-16(12)20(25)26-21-17-7-15(29-10-22(3,30)11-29)8-18(23)19(17)13(2)27-28-21/h4-8,20,30H,10-11,25H2,1-3H3,(H,26,28)/t20-/m0/s1. The lowest BCUT2D eigenvalue weighted by molar-refractivity contribution is 0.0310. The second kappa shape index (κ2) is 7.20. The maximum atomic E-state index is 15.0. The third kappa shape index (κ3) is 3.43. The van der Waals surface area contributed by atoms with Crippen molar-refractivity contribution in [2.75, 3.05) is 23.3 Å². The van der Waals surface area contributed by atoms with Gasteiger partial charge in [0, 0.05) is 29.5 Å². The summed E-state index contributed by atoms with van der Waals surface area (Å²) in [5.74, 6) is -0.0429. The quantitative estimate of drug-likeness (QED) is 0.571. The molecule has 1 saturated heterocycles. The lowest BCUT2D eigenvalue weighted by Crippen LogP contribution is -2.60. The van der Waals surface area contributed by atoms with E-state index >= 15 is 0 Å². The first-order chi connectivity index (χ1) is 14.2. The molecule has 8 heteroatoms. The number of aryl methyl sites for hydroxylation is 1. The van der Waals surface area contributed by atoms with Crippen LogP contribution in [0.3, 0.4) is 0 Å². The zero-order valence-corrected chi connectivity index (χ0v) is 17.1. The monoisotopic (exact) mass is 406 g/mol. The molecule has 0 radical (unpaired) electrons. The van der Waals surface area contributed by atoms with Crippen molar-refractivity contribution < 1.29 is 9.50 Å². The maximum absolute atomic E-state index is 15.0. The minimum Gasteiger partial charge on any atom is -0.386 e. The van der Waals surface area contributed by atoms with Gasteiger partial charge in [0.05, 0.1) is 22.9 Å². The molecule has 0 saturated carbocycles. The first kappa shape index (κ1) is 20.0. The summed E-state index contributed by atoms with van der Waals surface area (Å²) in [6, 6.07) is 10.8. The number of nitrogens with zero attached hydrogens (tertiary/aromatic N) is 4. The summed E-state index contributed by atoms with van der Waals surface area (Å²) in [5, 5.41) is 31.7. The molecule has 7 nitrogen and oxygen atoms in total. The fourth-order valence-corrected chi connectivity index (χ4v) is 3.96. The van der Waals surface area contributed by atoms with Gasteiger partial charge in [-0.25, -0.2) is 4.39 Å². The van der Waals surface area contributed by atoms with Crippen LogP contribution in [-0.2, 0) is 0 Å². The number of fused-ring (bicyclic) bond motifs is 1. The third-order valence-corrected chi connectivity index (χ3v) is 5.54. The zero-order chi connectivity index (χ0) is 21.6. The predicted octanol–water partition coefficient (Wildman–Crippen LogP) is 2.90. The average Bonchev–Trinajstić information content (AvgIpc) is 2.67. The highest BCUT2D eigenvalue weighted by Crippen LogP contribution is 2.35. The highest BCUT2D eigenvalue weighted by molar-refractivity contribution is 5.96. The van der Waals surface area contributed by atoms with E-state index < -0.39 is 17.6 Å². The van der Waals surface area contributed by atoms with Crippen molar-refractivity contribution in [2.45, 2.75) is 32.5 Å². The Kier molecular flexibility index (Phi) is 4.80. The van der Waals surface area contributed by atoms with Crippen LogP contribution in [0.1, 0.15) is 35.5 Å². The topological polar surface area (TPSA) is 111 Å². The molecule has 3 aromatic rings. The van der Waals surface area contributed by atoms with Crippen LogP contribution in [0.5, 0.6) is 0 Å². The van der Waals surface area contributed by atoms with E-state index in [-0.39, 0.29) is 0 Å². The molecular formula is C22H23FN6O. The zero-order valence-electron chi connectivity index (χ0n) is 17.1. The Morgan fingerprint density at radius 2 is 2.03 bits per heavy atom. The number of halogens is 1. The van der Waals surface area contributed by atoms with Crippen LogP contribution in [0.25, 0.3) is 10.8 Å². The predicted molar refractivity (Wildman–Crippen MR) is 114 cm³/mol. The molecule has 1 fully saturated rings. The van der Waals surface area contributed by atoms with Gasteiger partial charge in [-0.15, -0.1) is 5.10 Å². The number of aliphatic hydroxyl groups is 1. The summed E-state index contributed by atoms with van der Waals surface area (Å²) in [6.07, 6.45) is -0.657. The number of aromatic nitrogens is 2. The van der Waals surface area contributed by atoms with Crippen LogP contribution < -0.4 is 16.0 Å². The van der Waals surface area contributed by atoms with E-state index in [0.29, 0.717) is 46.6 Å². The molecule has 1 aromatic heterocycles. The molecule has 4 N–H and O–H groups in total. The Morgan fingerprint density at radius 3 is 2.70 bits per heavy atom. The van der Waals surface area contributed by atoms with Gasteiger partial charge in [0.1, 0.15) is 12.0 Å². The lowest BCUT2D eigenvalue weighted by atomic mass is 9.95. The van der Waals surface area contributed by atoms with Crippen LogP contribution >= 0.6 is 0 Å². The van der Waals surface area contributed by atoms with Gasteiger partial charge < -0.3 is 21.1 Å². The summed E-state index contributed by atoms with van der Waals surface area (Å²) in [7, 11) is 0. The minimum atomic E-state index is -0.773. The summed E-state index contributed by atoms with van der Waals surface area (Å²) in [5.41, 5.74) is 8.80. The van der Waals surface area contributed by atoms with E-state index in [4.69, 9.17) is 5.73 Å². The van der Waals surface area contributed by atoms with Crippen LogP contribution in [0, 0.1) is 31.0 Å². The Bertz CT molecular complexity index is 1180. The van der Waals surface area contributed by atoms with E-state index in [1.807, 2.05) is 24.0 Å². The van der Waals surface area contributed by atoms with Gasteiger partial charge in [0.2, 0.25) is 0 Å². The van der Waals surface area contributed by atoms with Crippen molar-refractivity contribution in [3.05, 3.63) is 58.5 Å². The smallest absolute Gasteiger partial charge is 0.158 e. The molecule has 1 aliphatic rings. The molecule has 2 aromatic carbocycles. The lowest BCUT2D eigenvalue weighted by Gasteiger charge is -2.45. The van der Waals surface area contributed by atoms with Gasteiger partial charge in [0.15, 0.2) is 5.82 Å². The molecule has 2 heterocycles. The van der Waals surface area contributed by atoms with E-state index in [0.717, 1.165) is 11.1 Å². The van der Waals surface area contributed by atoms with Crippen molar-refractivity contribution in [3.8, 4) is 6.07 Å². The van der Waals surface area contributed by atoms with Crippen molar-refractivity contribution >= 4 is 22.3 Å². The van der Waals surface area contributed by atoms with E-state index in [1.54, 1.807) is 26.0 Å². The molecule has 1 aliphatic heterocycles. The van der Waals surface area contributed by atoms with E-state index in [9.17, 15) is 14.8 Å². The molecule has 0 spiro atoms. The molecule has 0 amide bonds. The van der Waals surface area contributed by atoms with Gasteiger partial charge in [0.25, 0.3) is 0 Å². The number of benzene rings is 2. The van der Waals surface area contributed by atoms with Gasteiger partial charge in [-0.3, -0.25) is 0 Å². The Labute approximate surface area is 173 Å². The Balaban J connectivity index is 1.75. The van der Waals surface area contributed by atoms with Crippen molar-refractivity contribution in [3.63, 3.8) is 0 Å². The summed E-state index contributed by atoms with van der Waals surface area (Å²) in [6.45, 7) is 6.15. The summed E-state index contributed by atoms with van der Waals surface area (Å²) < 4.78 is 15.0. The molecule has 4 rings (SSSR count). The largest absolute Gasteiger partial charge is 0.386 e. The SMILES string of the molecule is Cc1c(C#N)cccc1[C@@H](N)Nc1nnc(C)c2c(F)cc(N3CC(C)(O)C3)cc12. The molecule has 30 heavy (non-hydrogen) atoms. The van der Waals surface area contributed by atoms with Crippen molar-refractivity contribution in [1.82, 2.24) is 10.2 Å². The average molecular weight is 406 g/mol. The molecule has 1 atom stereocenters. The van der Waals surface area contributed by atoms with Gasteiger partial charge >= 0.3 is 0 Å². The third-order valence-electron chi connectivity index (χ3n) is 5.54. The summed E-state index contributed by atoms with van der Waals surface area (Å²) >= 11 is 0. The normalized spacial score (nSPS) is 16.1. The number of nitrogens with two attached hydrogens (primary N) is 1. The second-order valence-corrected chi connectivity index (χ2v) is 8.09. The van der Waals surface area contributed by atoms with Crippen LogP contribution in [-0.4, -0.2) is 34.0 Å². The summed E-state index contributed by atoms with van der Waals surface area (Å²) in [4.78, 5) is 1.91. The maximum Gasteiger partial charge on any atom is 0.158 e. The number of hydrogen-bond donors (Lipinski definition) is 3. The fraction of sp³-hybridized carbons (Fsp3) is 0.318. The van der Waals surface area contributed by atoms with Crippen LogP contribution in [0.15, 0.2) is 30.3 Å². The number of nitriles is 1. The second-order valence-electron chi connectivity index (χ2n) is 8.09. The Hall–Kier alpha value is -3.28.